The molecule has 23 heavy (non-hydrogen) atoms. The summed E-state index contributed by atoms with van der Waals surface area (Å²) in [5.74, 6) is -0.873. The summed E-state index contributed by atoms with van der Waals surface area (Å²) < 4.78 is 4.82. The molecule has 1 fully saturated rings. The predicted octanol–water partition coefficient (Wildman–Crippen LogP) is 2.33. The van der Waals surface area contributed by atoms with Gasteiger partial charge in [0, 0.05) is 18.4 Å². The van der Waals surface area contributed by atoms with Crippen LogP contribution in [0.2, 0.25) is 0 Å². The summed E-state index contributed by atoms with van der Waals surface area (Å²) in [5.41, 5.74) is 2.48. The lowest BCUT2D eigenvalue weighted by molar-refractivity contribution is -0.145. The second-order valence-corrected chi connectivity index (χ2v) is 6.25. The quantitative estimate of drug-likeness (QED) is 0.865. The predicted molar refractivity (Wildman–Crippen MR) is 86.2 cm³/mol. The van der Waals surface area contributed by atoms with Gasteiger partial charge < -0.3 is 10.1 Å². The van der Waals surface area contributed by atoms with Crippen LogP contribution in [0.3, 0.4) is 0 Å². The van der Waals surface area contributed by atoms with E-state index in [1.165, 1.54) is 7.11 Å². The molecule has 2 atom stereocenters. The van der Waals surface area contributed by atoms with Gasteiger partial charge in [0.25, 0.3) is 5.91 Å². The summed E-state index contributed by atoms with van der Waals surface area (Å²) in [6, 6.07) is 4.76. The molecule has 0 saturated heterocycles. The highest BCUT2D eigenvalue weighted by molar-refractivity contribution is 5.97. The number of carbonyl (C=O) groups excluding carboxylic acids is 3. The van der Waals surface area contributed by atoms with Gasteiger partial charge in [-0.1, -0.05) is 17.2 Å². The van der Waals surface area contributed by atoms with E-state index in [2.05, 4.69) is 5.32 Å². The number of Topliss-reactive ketones (excluding diaryl/α,β-unsaturated/α-hetero) is 1. The normalized spacial score (nSPS) is 19.1. The fraction of sp³-hybridized carbons (Fsp3) is 0.500. The molecule has 5 nitrogen and oxygen atoms in total. The van der Waals surface area contributed by atoms with Crippen molar-refractivity contribution in [1.29, 1.82) is 0 Å². The third-order valence-corrected chi connectivity index (χ3v) is 4.22. The summed E-state index contributed by atoms with van der Waals surface area (Å²) in [7, 11) is 1.29. The first kappa shape index (κ1) is 17.2. The Kier molecular flexibility index (Phi) is 5.53. The minimum Gasteiger partial charge on any atom is -0.467 e. The molecule has 2 rings (SSSR count). The number of hydrogen-bond donors (Lipinski definition) is 1. The second kappa shape index (κ2) is 7.40. The maximum Gasteiger partial charge on any atom is 0.328 e. The van der Waals surface area contributed by atoms with Crippen molar-refractivity contribution in [2.75, 3.05) is 7.11 Å². The average molecular weight is 317 g/mol. The number of carbonyl (C=O) groups is 3. The van der Waals surface area contributed by atoms with Crippen LogP contribution in [0.5, 0.6) is 0 Å². The summed E-state index contributed by atoms with van der Waals surface area (Å²) in [6.07, 6.45) is 2.34. The molecule has 0 aliphatic heterocycles. The standard InChI is InChI=1S/C18H23NO4/c1-11-7-12(2)9-14(8-11)17(21)19-16(18(22)23-3)13-5-4-6-15(20)10-13/h7-9,13,16H,4-6,10H2,1-3H3,(H,19,21)/t13-,16-/m1/s1. The summed E-state index contributed by atoms with van der Waals surface area (Å²) in [4.78, 5) is 36.2. The van der Waals surface area contributed by atoms with Gasteiger partial charge in [-0.3, -0.25) is 9.59 Å². The molecule has 0 bridgehead atoms. The van der Waals surface area contributed by atoms with E-state index < -0.39 is 12.0 Å². The molecule has 1 saturated carbocycles. The zero-order chi connectivity index (χ0) is 17.0. The molecule has 5 heteroatoms. The minimum atomic E-state index is -0.780. The van der Waals surface area contributed by atoms with E-state index in [9.17, 15) is 14.4 Å². The van der Waals surface area contributed by atoms with Gasteiger partial charge in [-0.15, -0.1) is 0 Å². The van der Waals surface area contributed by atoms with Gasteiger partial charge in [0.15, 0.2) is 0 Å². The van der Waals surface area contributed by atoms with Gasteiger partial charge in [-0.25, -0.2) is 4.79 Å². The van der Waals surface area contributed by atoms with Crippen molar-refractivity contribution in [3.05, 3.63) is 34.9 Å². The van der Waals surface area contributed by atoms with Gasteiger partial charge in [0.1, 0.15) is 11.8 Å². The van der Waals surface area contributed by atoms with Crippen molar-refractivity contribution in [2.24, 2.45) is 5.92 Å². The Morgan fingerprint density at radius 3 is 2.43 bits per heavy atom. The van der Waals surface area contributed by atoms with Crippen LogP contribution in [0.4, 0.5) is 0 Å². The van der Waals surface area contributed by atoms with Crippen LogP contribution in [0, 0.1) is 19.8 Å². The lowest BCUT2D eigenvalue weighted by Gasteiger charge is -2.28. The molecule has 0 unspecified atom stereocenters. The van der Waals surface area contributed by atoms with Crippen molar-refractivity contribution in [1.82, 2.24) is 5.32 Å². The number of amides is 1. The number of ketones is 1. The maximum atomic E-state index is 12.5. The highest BCUT2D eigenvalue weighted by atomic mass is 16.5. The SMILES string of the molecule is COC(=O)[C@H](NC(=O)c1cc(C)cc(C)c1)[C@@H]1CCCC(=O)C1. The number of aryl methyl sites for hydroxylation is 2. The Morgan fingerprint density at radius 1 is 1.22 bits per heavy atom. The first-order valence-corrected chi connectivity index (χ1v) is 7.89. The molecule has 1 aromatic carbocycles. The van der Waals surface area contributed by atoms with Crippen LogP contribution >= 0.6 is 0 Å². The van der Waals surface area contributed by atoms with E-state index in [-0.39, 0.29) is 17.6 Å². The fourth-order valence-electron chi connectivity index (χ4n) is 3.17. The van der Waals surface area contributed by atoms with Gasteiger partial charge in [-0.05, 0) is 44.7 Å². The third kappa shape index (κ3) is 4.41. The monoisotopic (exact) mass is 317 g/mol. The first-order chi connectivity index (χ1) is 10.9. The Bertz CT molecular complexity index is 603. The fourth-order valence-corrected chi connectivity index (χ4v) is 3.17. The van der Waals surface area contributed by atoms with E-state index in [0.717, 1.165) is 24.0 Å². The van der Waals surface area contributed by atoms with Crippen LogP contribution < -0.4 is 5.32 Å². The van der Waals surface area contributed by atoms with Crippen molar-refractivity contribution in [2.45, 2.75) is 45.6 Å². The van der Waals surface area contributed by atoms with Crippen molar-refractivity contribution < 1.29 is 19.1 Å². The summed E-state index contributed by atoms with van der Waals surface area (Å²) >= 11 is 0. The van der Waals surface area contributed by atoms with Gasteiger partial charge in [0.2, 0.25) is 0 Å². The summed E-state index contributed by atoms with van der Waals surface area (Å²) in [5, 5.41) is 2.76. The zero-order valence-corrected chi connectivity index (χ0v) is 13.8. The number of esters is 1. The molecule has 0 spiro atoms. The van der Waals surface area contributed by atoms with Crippen LogP contribution in [-0.4, -0.2) is 30.8 Å². The van der Waals surface area contributed by atoms with E-state index in [1.807, 2.05) is 19.9 Å². The average Bonchev–Trinajstić information content (AvgIpc) is 2.50. The molecule has 1 amide bonds. The smallest absolute Gasteiger partial charge is 0.328 e. The van der Waals surface area contributed by atoms with Crippen LogP contribution in [0.15, 0.2) is 18.2 Å². The zero-order valence-electron chi connectivity index (χ0n) is 13.8. The molecule has 1 aromatic rings. The van der Waals surface area contributed by atoms with E-state index in [1.54, 1.807) is 12.1 Å². The van der Waals surface area contributed by atoms with E-state index >= 15 is 0 Å². The lowest BCUT2D eigenvalue weighted by atomic mass is 9.83. The molecule has 0 radical (unpaired) electrons. The lowest BCUT2D eigenvalue weighted by Crippen LogP contribution is -2.48. The number of hydrogen-bond acceptors (Lipinski definition) is 4. The number of ether oxygens (including phenoxy) is 1. The number of rotatable bonds is 4. The molecule has 0 heterocycles. The molecule has 1 N–H and O–H groups in total. The maximum absolute atomic E-state index is 12.5. The highest BCUT2D eigenvalue weighted by Gasteiger charge is 2.34. The largest absolute Gasteiger partial charge is 0.467 e. The summed E-state index contributed by atoms with van der Waals surface area (Å²) in [6.45, 7) is 3.84. The minimum absolute atomic E-state index is 0.135. The van der Waals surface area contributed by atoms with Crippen LogP contribution in [-0.2, 0) is 14.3 Å². The molecule has 1 aliphatic rings. The number of nitrogens with one attached hydrogen (secondary N) is 1. The molecular formula is C18H23NO4. The number of benzene rings is 1. The van der Waals surface area contributed by atoms with Crippen molar-refractivity contribution in [3.63, 3.8) is 0 Å². The van der Waals surface area contributed by atoms with Crippen LogP contribution in [0.25, 0.3) is 0 Å². The van der Waals surface area contributed by atoms with Gasteiger partial charge in [-0.2, -0.15) is 0 Å². The second-order valence-electron chi connectivity index (χ2n) is 6.25. The Morgan fingerprint density at radius 2 is 1.87 bits per heavy atom. The first-order valence-electron chi connectivity index (χ1n) is 7.89. The number of methoxy groups -OCH3 is 1. The highest BCUT2D eigenvalue weighted by Crippen LogP contribution is 2.25. The molecule has 0 aromatic heterocycles. The van der Waals surface area contributed by atoms with E-state index in [4.69, 9.17) is 4.74 Å². The van der Waals surface area contributed by atoms with Crippen molar-refractivity contribution >= 4 is 17.7 Å². The molecule has 1 aliphatic carbocycles. The van der Waals surface area contributed by atoms with Gasteiger partial charge in [0.05, 0.1) is 7.11 Å². The van der Waals surface area contributed by atoms with Gasteiger partial charge >= 0.3 is 5.97 Å². The third-order valence-electron chi connectivity index (χ3n) is 4.22. The molecular weight excluding hydrogens is 294 g/mol. The Labute approximate surface area is 136 Å². The topological polar surface area (TPSA) is 72.5 Å². The van der Waals surface area contributed by atoms with Crippen molar-refractivity contribution in [3.8, 4) is 0 Å². The molecule has 124 valence electrons. The van der Waals surface area contributed by atoms with E-state index in [0.29, 0.717) is 18.4 Å². The van der Waals surface area contributed by atoms with Crippen LogP contribution in [0.1, 0.15) is 47.2 Å². The Balaban J connectivity index is 2.18. The Hall–Kier alpha value is -2.17.